The minimum atomic E-state index is -4.49. The Morgan fingerprint density at radius 1 is 1.22 bits per heavy atom. The van der Waals surface area contributed by atoms with E-state index >= 15 is 0 Å². The summed E-state index contributed by atoms with van der Waals surface area (Å²) in [6.07, 6.45) is -5.22. The molecular weight excluding hydrogens is 433 g/mol. The molecule has 1 aliphatic heterocycles. The van der Waals surface area contributed by atoms with E-state index < -0.39 is 35.4 Å². The second kappa shape index (κ2) is 7.57. The Morgan fingerprint density at radius 3 is 2.33 bits per heavy atom. The number of alkyl halides is 3. The SMILES string of the molecule is CC(C)(C)OC(=O)N1CCN(c2ccc(C(F)(F)F)c(Br)c2)CC1C(=O)O. The summed E-state index contributed by atoms with van der Waals surface area (Å²) in [5.74, 6) is -1.21. The number of ether oxygens (including phenoxy) is 1. The molecule has 0 bridgehead atoms. The van der Waals surface area contributed by atoms with Crippen LogP contribution in [0.25, 0.3) is 0 Å². The largest absolute Gasteiger partial charge is 0.480 e. The fourth-order valence-corrected chi connectivity index (χ4v) is 3.29. The van der Waals surface area contributed by atoms with Crippen molar-refractivity contribution in [3.05, 3.63) is 28.2 Å². The van der Waals surface area contributed by atoms with E-state index in [0.717, 1.165) is 11.0 Å². The third-order valence-corrected chi connectivity index (χ3v) is 4.57. The maximum Gasteiger partial charge on any atom is 0.417 e. The average Bonchev–Trinajstić information content (AvgIpc) is 2.51. The van der Waals surface area contributed by atoms with Crippen LogP contribution in [0.15, 0.2) is 22.7 Å². The van der Waals surface area contributed by atoms with Crippen LogP contribution >= 0.6 is 15.9 Å². The van der Waals surface area contributed by atoms with Gasteiger partial charge in [-0.05, 0) is 39.0 Å². The molecule has 1 saturated heterocycles. The van der Waals surface area contributed by atoms with Crippen molar-refractivity contribution in [3.63, 3.8) is 0 Å². The van der Waals surface area contributed by atoms with Crippen LogP contribution in [0, 0.1) is 0 Å². The maximum atomic E-state index is 12.9. The fraction of sp³-hybridized carbons (Fsp3) is 0.529. The summed E-state index contributed by atoms with van der Waals surface area (Å²) in [5, 5.41) is 9.49. The number of nitrogens with zero attached hydrogens (tertiary/aromatic N) is 2. The summed E-state index contributed by atoms with van der Waals surface area (Å²) >= 11 is 2.91. The molecule has 1 amide bonds. The zero-order valence-electron chi connectivity index (χ0n) is 15.0. The molecule has 0 saturated carbocycles. The zero-order valence-corrected chi connectivity index (χ0v) is 16.6. The molecule has 27 heavy (non-hydrogen) atoms. The Labute approximate surface area is 163 Å². The van der Waals surface area contributed by atoms with Crippen molar-refractivity contribution < 1.29 is 32.6 Å². The fourth-order valence-electron chi connectivity index (χ4n) is 2.70. The van der Waals surface area contributed by atoms with Crippen molar-refractivity contribution in [1.29, 1.82) is 0 Å². The van der Waals surface area contributed by atoms with Gasteiger partial charge in [-0.2, -0.15) is 13.2 Å². The highest BCUT2D eigenvalue weighted by Gasteiger charge is 2.38. The van der Waals surface area contributed by atoms with E-state index in [1.54, 1.807) is 25.7 Å². The molecule has 6 nitrogen and oxygen atoms in total. The Kier molecular flexibility index (Phi) is 5.98. The molecule has 1 fully saturated rings. The smallest absolute Gasteiger partial charge is 0.417 e. The highest BCUT2D eigenvalue weighted by molar-refractivity contribution is 9.10. The second-order valence-electron chi connectivity index (χ2n) is 7.14. The van der Waals surface area contributed by atoms with E-state index in [9.17, 15) is 27.9 Å². The van der Waals surface area contributed by atoms with Gasteiger partial charge in [0.15, 0.2) is 0 Å². The maximum absolute atomic E-state index is 12.9. The lowest BCUT2D eigenvalue weighted by Crippen LogP contribution is -2.59. The van der Waals surface area contributed by atoms with Crippen molar-refractivity contribution in [1.82, 2.24) is 4.90 Å². The molecule has 1 aromatic rings. The third-order valence-electron chi connectivity index (χ3n) is 3.92. The number of carbonyl (C=O) groups excluding carboxylic acids is 1. The summed E-state index contributed by atoms with van der Waals surface area (Å²) in [6, 6.07) is 2.35. The lowest BCUT2D eigenvalue weighted by molar-refractivity contribution is -0.143. The number of rotatable bonds is 2. The van der Waals surface area contributed by atoms with Gasteiger partial charge in [-0.15, -0.1) is 0 Å². The first kappa shape index (κ1) is 21.3. The number of hydrogen-bond donors (Lipinski definition) is 1. The van der Waals surface area contributed by atoms with Crippen LogP contribution in [0.1, 0.15) is 26.3 Å². The van der Waals surface area contributed by atoms with Crippen LogP contribution in [-0.2, 0) is 15.7 Å². The van der Waals surface area contributed by atoms with Gasteiger partial charge in [-0.25, -0.2) is 9.59 Å². The van der Waals surface area contributed by atoms with Gasteiger partial charge in [0.2, 0.25) is 0 Å². The van der Waals surface area contributed by atoms with Gasteiger partial charge >= 0.3 is 18.2 Å². The normalized spacial score (nSPS) is 18.4. The Bertz CT molecular complexity index is 734. The molecule has 0 aromatic heterocycles. The Morgan fingerprint density at radius 2 is 1.85 bits per heavy atom. The molecular formula is C17H20BrF3N2O4. The number of carboxylic acids is 1. The first-order valence-corrected chi connectivity index (χ1v) is 8.93. The van der Waals surface area contributed by atoms with Gasteiger partial charge in [-0.1, -0.05) is 15.9 Å². The first-order valence-electron chi connectivity index (χ1n) is 8.14. The number of amides is 1. The minimum absolute atomic E-state index is 0.0631. The van der Waals surface area contributed by atoms with Crippen LogP contribution in [0.2, 0.25) is 0 Å². The molecule has 10 heteroatoms. The summed E-state index contributed by atoms with van der Waals surface area (Å²) in [4.78, 5) is 26.7. The van der Waals surface area contributed by atoms with Crippen molar-refractivity contribution >= 4 is 33.7 Å². The third kappa shape index (κ3) is 5.27. The van der Waals surface area contributed by atoms with E-state index in [-0.39, 0.29) is 24.1 Å². The molecule has 1 atom stereocenters. The zero-order chi connectivity index (χ0) is 20.6. The summed E-state index contributed by atoms with van der Waals surface area (Å²) < 4.78 is 43.8. The van der Waals surface area contributed by atoms with Crippen molar-refractivity contribution in [2.45, 2.75) is 38.6 Å². The van der Waals surface area contributed by atoms with Gasteiger partial charge in [0.1, 0.15) is 11.6 Å². The van der Waals surface area contributed by atoms with E-state index in [0.29, 0.717) is 5.69 Å². The van der Waals surface area contributed by atoms with Crippen molar-refractivity contribution in [3.8, 4) is 0 Å². The number of anilines is 1. The predicted octanol–water partition coefficient (Wildman–Crippen LogP) is 3.98. The molecule has 1 unspecified atom stereocenters. The van der Waals surface area contributed by atoms with Gasteiger partial charge in [0.05, 0.1) is 5.56 Å². The molecule has 150 valence electrons. The van der Waals surface area contributed by atoms with E-state index in [2.05, 4.69) is 15.9 Å². The van der Waals surface area contributed by atoms with E-state index in [1.165, 1.54) is 12.1 Å². The molecule has 0 radical (unpaired) electrons. The van der Waals surface area contributed by atoms with Gasteiger partial charge in [0, 0.05) is 29.8 Å². The molecule has 0 spiro atoms. The van der Waals surface area contributed by atoms with Gasteiger partial charge in [0.25, 0.3) is 0 Å². The predicted molar refractivity (Wildman–Crippen MR) is 95.7 cm³/mol. The Balaban J connectivity index is 2.21. The summed E-state index contributed by atoms with van der Waals surface area (Å²) in [5.41, 5.74) is -1.14. The minimum Gasteiger partial charge on any atom is -0.480 e. The van der Waals surface area contributed by atoms with Gasteiger partial charge < -0.3 is 14.7 Å². The molecule has 1 aliphatic rings. The van der Waals surface area contributed by atoms with E-state index in [1.807, 2.05) is 0 Å². The van der Waals surface area contributed by atoms with Crippen LogP contribution in [0.4, 0.5) is 23.7 Å². The van der Waals surface area contributed by atoms with Crippen LogP contribution in [-0.4, -0.2) is 53.3 Å². The first-order chi connectivity index (χ1) is 12.3. The van der Waals surface area contributed by atoms with Crippen molar-refractivity contribution in [2.75, 3.05) is 24.5 Å². The molecule has 0 aliphatic carbocycles. The molecule has 1 heterocycles. The average molecular weight is 453 g/mol. The molecule has 1 N–H and O–H groups in total. The molecule has 1 aromatic carbocycles. The number of carbonyl (C=O) groups is 2. The lowest BCUT2D eigenvalue weighted by Gasteiger charge is -2.40. The number of aliphatic carboxylic acids is 1. The molecule has 2 rings (SSSR count). The number of halogens is 4. The second-order valence-corrected chi connectivity index (χ2v) is 7.99. The Hall–Kier alpha value is -1.97. The lowest BCUT2D eigenvalue weighted by atomic mass is 10.1. The van der Waals surface area contributed by atoms with E-state index in [4.69, 9.17) is 4.74 Å². The highest BCUT2D eigenvalue weighted by atomic mass is 79.9. The summed E-state index contributed by atoms with van der Waals surface area (Å²) in [6.45, 7) is 5.31. The monoisotopic (exact) mass is 452 g/mol. The quantitative estimate of drug-likeness (QED) is 0.734. The number of hydrogen-bond acceptors (Lipinski definition) is 4. The highest BCUT2D eigenvalue weighted by Crippen LogP contribution is 2.37. The number of carboxylic acid groups (broad SMARTS) is 1. The standard InChI is InChI=1S/C17H20BrF3N2O4/c1-16(2,3)27-15(26)23-7-6-22(9-13(23)14(24)25)10-4-5-11(12(18)8-10)17(19,20)21/h4-5,8,13H,6-7,9H2,1-3H3,(H,24,25). The van der Waals surface area contributed by atoms with Gasteiger partial charge in [-0.3, -0.25) is 4.90 Å². The number of benzene rings is 1. The summed E-state index contributed by atoms with van der Waals surface area (Å²) in [7, 11) is 0. The number of piperazine rings is 1. The van der Waals surface area contributed by atoms with Crippen LogP contribution in [0.5, 0.6) is 0 Å². The van der Waals surface area contributed by atoms with Crippen molar-refractivity contribution in [2.24, 2.45) is 0 Å². The topological polar surface area (TPSA) is 70.1 Å². The van der Waals surface area contributed by atoms with Crippen LogP contribution < -0.4 is 4.90 Å². The van der Waals surface area contributed by atoms with Crippen LogP contribution in [0.3, 0.4) is 0 Å².